The number of piperidine rings is 1. The van der Waals surface area contributed by atoms with E-state index in [1.54, 1.807) is 12.4 Å². The zero-order valence-corrected chi connectivity index (χ0v) is 13.8. The van der Waals surface area contributed by atoms with E-state index in [0.717, 1.165) is 58.1 Å². The summed E-state index contributed by atoms with van der Waals surface area (Å²) in [5.74, 6) is 0.509. The van der Waals surface area contributed by atoms with Gasteiger partial charge < -0.3 is 9.64 Å². The van der Waals surface area contributed by atoms with E-state index in [-0.39, 0.29) is 5.82 Å². The molecule has 1 aromatic heterocycles. The molecule has 0 N–H and O–H groups in total. The van der Waals surface area contributed by atoms with Gasteiger partial charge in [0.15, 0.2) is 0 Å². The highest BCUT2D eigenvalue weighted by Crippen LogP contribution is 2.30. The number of aromatic nitrogens is 2. The molecule has 3 heterocycles. The van der Waals surface area contributed by atoms with Crippen LogP contribution in [0.25, 0.3) is 10.9 Å². The number of rotatable bonds is 3. The monoisotopic (exact) mass is 330 g/mol. The Morgan fingerprint density at radius 2 is 2.00 bits per heavy atom. The minimum absolute atomic E-state index is 0.237. The zero-order valence-electron chi connectivity index (χ0n) is 13.8. The molecule has 0 spiro atoms. The predicted octanol–water partition coefficient (Wildman–Crippen LogP) is 2.46. The van der Waals surface area contributed by atoms with Crippen LogP contribution in [0.4, 0.5) is 10.2 Å². The van der Waals surface area contributed by atoms with Gasteiger partial charge in [0.05, 0.1) is 24.1 Å². The van der Waals surface area contributed by atoms with E-state index in [1.165, 1.54) is 12.5 Å². The molecule has 0 aliphatic carbocycles. The van der Waals surface area contributed by atoms with Crippen molar-refractivity contribution in [2.45, 2.75) is 25.3 Å². The number of nitrogens with zero attached hydrogens (tertiary/aromatic N) is 4. The molecule has 0 bridgehead atoms. The van der Waals surface area contributed by atoms with E-state index >= 15 is 0 Å². The molecule has 1 atom stereocenters. The van der Waals surface area contributed by atoms with E-state index in [2.05, 4.69) is 19.8 Å². The summed E-state index contributed by atoms with van der Waals surface area (Å²) in [4.78, 5) is 13.4. The molecule has 2 aromatic rings. The summed E-state index contributed by atoms with van der Waals surface area (Å²) < 4.78 is 19.9. The molecule has 5 nitrogen and oxygen atoms in total. The first-order valence-corrected chi connectivity index (χ1v) is 8.79. The number of benzene rings is 1. The SMILES string of the molecule is Fc1cccc2ncnc(N3CCCCC3CN3CCOCC3)c12. The smallest absolute Gasteiger partial charge is 0.143 e. The van der Waals surface area contributed by atoms with Gasteiger partial charge in [-0.1, -0.05) is 6.07 Å². The highest BCUT2D eigenvalue weighted by atomic mass is 19.1. The molecule has 2 aliphatic rings. The van der Waals surface area contributed by atoms with Gasteiger partial charge in [0.2, 0.25) is 0 Å². The topological polar surface area (TPSA) is 41.5 Å². The molecule has 2 fully saturated rings. The Balaban J connectivity index is 1.65. The fraction of sp³-hybridized carbons (Fsp3) is 0.556. The van der Waals surface area contributed by atoms with E-state index in [0.29, 0.717) is 16.9 Å². The lowest BCUT2D eigenvalue weighted by Gasteiger charge is -2.40. The van der Waals surface area contributed by atoms with Crippen molar-refractivity contribution >= 4 is 16.7 Å². The molecule has 1 unspecified atom stereocenters. The summed E-state index contributed by atoms with van der Waals surface area (Å²) in [6, 6.07) is 5.42. The molecule has 2 aliphatic heterocycles. The van der Waals surface area contributed by atoms with Crippen LogP contribution in [0.1, 0.15) is 19.3 Å². The number of ether oxygens (including phenoxy) is 1. The minimum Gasteiger partial charge on any atom is -0.379 e. The van der Waals surface area contributed by atoms with Crippen LogP contribution in [-0.2, 0) is 4.74 Å². The minimum atomic E-state index is -0.237. The summed E-state index contributed by atoms with van der Waals surface area (Å²) in [5.41, 5.74) is 0.677. The molecule has 24 heavy (non-hydrogen) atoms. The van der Waals surface area contributed by atoms with E-state index in [9.17, 15) is 4.39 Å². The first kappa shape index (κ1) is 15.7. The summed E-state index contributed by atoms with van der Waals surface area (Å²) in [6.07, 6.45) is 5.02. The first-order chi connectivity index (χ1) is 11.8. The number of halogens is 1. The fourth-order valence-electron chi connectivity index (χ4n) is 3.82. The van der Waals surface area contributed by atoms with Gasteiger partial charge in [-0.05, 0) is 31.4 Å². The second-order valence-corrected chi connectivity index (χ2v) is 6.59. The fourth-order valence-corrected chi connectivity index (χ4v) is 3.82. The molecule has 2 saturated heterocycles. The Morgan fingerprint density at radius 1 is 1.12 bits per heavy atom. The third kappa shape index (κ3) is 3.08. The lowest BCUT2D eigenvalue weighted by molar-refractivity contribution is 0.0338. The van der Waals surface area contributed by atoms with Gasteiger partial charge in [0.25, 0.3) is 0 Å². The Kier molecular flexibility index (Phi) is 4.58. The van der Waals surface area contributed by atoms with Crippen LogP contribution >= 0.6 is 0 Å². The number of morpholine rings is 1. The first-order valence-electron chi connectivity index (χ1n) is 8.79. The standard InChI is InChI=1S/C18H23FN4O/c19-15-5-3-6-16-17(15)18(21-13-20-16)23-7-2-1-4-14(23)12-22-8-10-24-11-9-22/h3,5-6,13-14H,1-2,4,7-12H2. The van der Waals surface area contributed by atoms with Crippen molar-refractivity contribution in [3.63, 3.8) is 0 Å². The van der Waals surface area contributed by atoms with Crippen molar-refractivity contribution in [1.29, 1.82) is 0 Å². The summed E-state index contributed by atoms with van der Waals surface area (Å²) in [5, 5.41) is 0.550. The van der Waals surface area contributed by atoms with Crippen LogP contribution in [-0.4, -0.2) is 60.3 Å². The number of anilines is 1. The van der Waals surface area contributed by atoms with Crippen LogP contribution in [0.2, 0.25) is 0 Å². The van der Waals surface area contributed by atoms with Gasteiger partial charge in [-0.2, -0.15) is 0 Å². The lowest BCUT2D eigenvalue weighted by atomic mass is 10.0. The van der Waals surface area contributed by atoms with Crippen molar-refractivity contribution in [2.24, 2.45) is 0 Å². The highest BCUT2D eigenvalue weighted by Gasteiger charge is 2.28. The summed E-state index contributed by atoms with van der Waals surface area (Å²) >= 11 is 0. The van der Waals surface area contributed by atoms with Crippen molar-refractivity contribution in [3.05, 3.63) is 30.3 Å². The zero-order chi connectivity index (χ0) is 16.4. The van der Waals surface area contributed by atoms with E-state index in [1.807, 2.05) is 6.07 Å². The van der Waals surface area contributed by atoms with E-state index in [4.69, 9.17) is 4.74 Å². The Bertz CT molecular complexity index is 699. The van der Waals surface area contributed by atoms with Gasteiger partial charge in [0, 0.05) is 32.2 Å². The Morgan fingerprint density at radius 3 is 2.88 bits per heavy atom. The molecule has 128 valence electrons. The van der Waals surface area contributed by atoms with Crippen LogP contribution in [0, 0.1) is 5.82 Å². The van der Waals surface area contributed by atoms with Crippen LogP contribution < -0.4 is 4.90 Å². The van der Waals surface area contributed by atoms with Gasteiger partial charge in [0.1, 0.15) is 18.0 Å². The average molecular weight is 330 g/mol. The predicted molar refractivity (Wildman–Crippen MR) is 91.7 cm³/mol. The molecular weight excluding hydrogens is 307 g/mol. The number of fused-ring (bicyclic) bond motifs is 1. The Labute approximate surface area is 141 Å². The van der Waals surface area contributed by atoms with Crippen LogP contribution in [0.5, 0.6) is 0 Å². The maximum atomic E-state index is 14.5. The molecule has 0 amide bonds. The average Bonchev–Trinajstić information content (AvgIpc) is 2.63. The van der Waals surface area contributed by atoms with Gasteiger partial charge in [-0.3, -0.25) is 4.90 Å². The largest absolute Gasteiger partial charge is 0.379 e. The molecule has 1 aromatic carbocycles. The van der Waals surface area contributed by atoms with Crippen LogP contribution in [0.3, 0.4) is 0 Å². The van der Waals surface area contributed by atoms with Crippen LogP contribution in [0.15, 0.2) is 24.5 Å². The maximum absolute atomic E-state index is 14.5. The molecular formula is C18H23FN4O. The summed E-state index contributed by atoms with van der Waals surface area (Å²) in [7, 11) is 0. The molecule has 0 radical (unpaired) electrons. The van der Waals surface area contributed by atoms with Crippen molar-refractivity contribution in [2.75, 3.05) is 44.3 Å². The van der Waals surface area contributed by atoms with Crippen molar-refractivity contribution in [3.8, 4) is 0 Å². The molecule has 0 saturated carbocycles. The quantitative estimate of drug-likeness (QED) is 0.865. The van der Waals surface area contributed by atoms with Gasteiger partial charge >= 0.3 is 0 Å². The second kappa shape index (κ2) is 6.99. The normalized spacial score (nSPS) is 22.9. The third-order valence-corrected chi connectivity index (χ3v) is 5.06. The maximum Gasteiger partial charge on any atom is 0.143 e. The second-order valence-electron chi connectivity index (χ2n) is 6.59. The van der Waals surface area contributed by atoms with Crippen molar-refractivity contribution < 1.29 is 9.13 Å². The van der Waals surface area contributed by atoms with Crippen molar-refractivity contribution in [1.82, 2.24) is 14.9 Å². The molecule has 6 heteroatoms. The molecule has 4 rings (SSSR count). The third-order valence-electron chi connectivity index (χ3n) is 5.06. The number of hydrogen-bond acceptors (Lipinski definition) is 5. The summed E-state index contributed by atoms with van der Waals surface area (Å²) in [6.45, 7) is 5.47. The van der Waals surface area contributed by atoms with Gasteiger partial charge in [-0.15, -0.1) is 0 Å². The van der Waals surface area contributed by atoms with Gasteiger partial charge in [-0.25, -0.2) is 14.4 Å². The highest BCUT2D eigenvalue weighted by molar-refractivity contribution is 5.90. The van der Waals surface area contributed by atoms with E-state index < -0.39 is 0 Å². The number of hydrogen-bond donors (Lipinski definition) is 0. The lowest BCUT2D eigenvalue weighted by Crippen LogP contribution is -2.49. The Hall–Kier alpha value is -1.79.